The first-order valence-corrected chi connectivity index (χ1v) is 6.65. The molecule has 2 aromatic rings. The summed E-state index contributed by atoms with van der Waals surface area (Å²) in [6.07, 6.45) is 4.26. The first kappa shape index (κ1) is 14.3. The highest BCUT2D eigenvalue weighted by Gasteiger charge is 2.04. The molecule has 0 aliphatic heterocycles. The Morgan fingerprint density at radius 1 is 1.35 bits per heavy atom. The Hall–Kier alpha value is -2.14. The number of carbonyl (C=O) groups is 1. The van der Waals surface area contributed by atoms with E-state index in [2.05, 4.69) is 20.9 Å². The molecular weight excluding hydrogens is 322 g/mol. The number of pyridine rings is 1. The molecule has 0 saturated carbocycles. The van der Waals surface area contributed by atoms with E-state index in [4.69, 9.17) is 9.84 Å². The topological polar surface area (TPSA) is 59.4 Å². The van der Waals surface area contributed by atoms with Crippen LogP contribution in [0, 0.1) is 6.92 Å². The highest BCUT2D eigenvalue weighted by molar-refractivity contribution is 9.10. The summed E-state index contributed by atoms with van der Waals surface area (Å²) in [4.78, 5) is 14.6. The molecule has 0 saturated heterocycles. The number of aryl methyl sites for hydroxylation is 1. The van der Waals surface area contributed by atoms with Crippen molar-refractivity contribution in [2.75, 3.05) is 0 Å². The van der Waals surface area contributed by atoms with Gasteiger partial charge in [0, 0.05) is 11.8 Å². The van der Waals surface area contributed by atoms with Gasteiger partial charge in [-0.15, -0.1) is 0 Å². The predicted octanol–water partition coefficient (Wildman–Crippen LogP) is 4.04. The van der Waals surface area contributed by atoms with Crippen molar-refractivity contribution in [1.82, 2.24) is 4.98 Å². The zero-order chi connectivity index (χ0) is 14.5. The zero-order valence-corrected chi connectivity index (χ0v) is 12.3. The molecule has 0 fully saturated rings. The monoisotopic (exact) mass is 333 g/mol. The van der Waals surface area contributed by atoms with Gasteiger partial charge in [0.2, 0.25) is 0 Å². The molecule has 20 heavy (non-hydrogen) atoms. The van der Waals surface area contributed by atoms with E-state index >= 15 is 0 Å². The third-order valence-corrected chi connectivity index (χ3v) is 3.11. The van der Waals surface area contributed by atoms with E-state index in [9.17, 15) is 4.79 Å². The fourth-order valence-electron chi connectivity index (χ4n) is 1.51. The Labute approximate surface area is 124 Å². The fraction of sp³-hybridized carbons (Fsp3) is 0.0667. The van der Waals surface area contributed by atoms with Gasteiger partial charge in [0.15, 0.2) is 0 Å². The Balaban J connectivity index is 2.17. The summed E-state index contributed by atoms with van der Waals surface area (Å²) >= 11 is 3.40. The molecule has 4 nitrogen and oxygen atoms in total. The lowest BCUT2D eigenvalue weighted by atomic mass is 10.2. The Morgan fingerprint density at radius 3 is 2.75 bits per heavy atom. The van der Waals surface area contributed by atoms with E-state index in [0.29, 0.717) is 11.5 Å². The third-order valence-electron chi connectivity index (χ3n) is 2.49. The summed E-state index contributed by atoms with van der Waals surface area (Å²) in [5.74, 6) is 0.306. The average Bonchev–Trinajstić information content (AvgIpc) is 2.41. The van der Waals surface area contributed by atoms with Crippen molar-refractivity contribution in [1.29, 1.82) is 0 Å². The first-order valence-electron chi connectivity index (χ1n) is 5.85. The Kier molecular flexibility index (Phi) is 4.53. The minimum Gasteiger partial charge on any atom is -0.478 e. The van der Waals surface area contributed by atoms with E-state index in [1.165, 1.54) is 6.08 Å². The Morgan fingerprint density at radius 2 is 2.15 bits per heavy atom. The van der Waals surface area contributed by atoms with Gasteiger partial charge in [-0.05, 0) is 58.8 Å². The summed E-state index contributed by atoms with van der Waals surface area (Å²) in [5.41, 5.74) is 1.69. The van der Waals surface area contributed by atoms with E-state index in [1.54, 1.807) is 24.4 Å². The van der Waals surface area contributed by atoms with Crippen molar-refractivity contribution < 1.29 is 14.6 Å². The van der Waals surface area contributed by atoms with Crippen LogP contribution in [-0.2, 0) is 4.79 Å². The van der Waals surface area contributed by atoms with Crippen LogP contribution in [0.25, 0.3) is 6.08 Å². The van der Waals surface area contributed by atoms with Crippen molar-refractivity contribution >= 4 is 28.0 Å². The van der Waals surface area contributed by atoms with E-state index in [0.717, 1.165) is 21.8 Å². The Bertz CT molecular complexity index is 651. The number of hydrogen-bond acceptors (Lipinski definition) is 3. The lowest BCUT2D eigenvalue weighted by Crippen LogP contribution is -1.89. The molecule has 1 heterocycles. The molecule has 1 aromatic heterocycles. The largest absolute Gasteiger partial charge is 0.478 e. The molecule has 2 rings (SSSR count). The minimum absolute atomic E-state index is 0.642. The summed E-state index contributed by atoms with van der Waals surface area (Å²) in [7, 11) is 0. The molecule has 0 atom stereocenters. The van der Waals surface area contributed by atoms with Crippen LogP contribution in [0.3, 0.4) is 0 Å². The van der Waals surface area contributed by atoms with Gasteiger partial charge in [0.25, 0.3) is 0 Å². The summed E-state index contributed by atoms with van der Waals surface area (Å²) in [6.45, 7) is 1.91. The number of aliphatic carboxylic acids is 1. The standard InChI is InChI=1S/C15H12BrNO3/c1-10-2-5-12(9-17-10)20-14-6-3-11(8-13(14)16)4-7-15(18)19/h2-9H,1H3,(H,18,19)/b7-4+. The second-order valence-corrected chi connectivity index (χ2v) is 4.95. The highest BCUT2D eigenvalue weighted by Crippen LogP contribution is 2.30. The van der Waals surface area contributed by atoms with Crippen molar-refractivity contribution in [3.63, 3.8) is 0 Å². The van der Waals surface area contributed by atoms with Gasteiger partial charge in [-0.3, -0.25) is 4.98 Å². The van der Waals surface area contributed by atoms with E-state index in [1.807, 2.05) is 19.1 Å². The minimum atomic E-state index is -0.979. The quantitative estimate of drug-likeness (QED) is 0.857. The number of nitrogens with zero attached hydrogens (tertiary/aromatic N) is 1. The van der Waals surface area contributed by atoms with Crippen molar-refractivity contribution in [2.45, 2.75) is 6.92 Å². The van der Waals surface area contributed by atoms with Crippen LogP contribution >= 0.6 is 15.9 Å². The molecule has 1 N–H and O–H groups in total. The lowest BCUT2D eigenvalue weighted by molar-refractivity contribution is -0.131. The van der Waals surface area contributed by atoms with Gasteiger partial charge in [-0.2, -0.15) is 0 Å². The molecule has 5 heteroatoms. The van der Waals surface area contributed by atoms with Crippen molar-refractivity contribution in [3.8, 4) is 11.5 Å². The molecule has 0 amide bonds. The second kappa shape index (κ2) is 6.34. The van der Waals surface area contributed by atoms with Crippen LogP contribution in [0.2, 0.25) is 0 Å². The maximum Gasteiger partial charge on any atom is 0.328 e. The number of ether oxygens (including phenoxy) is 1. The molecule has 0 aliphatic rings. The van der Waals surface area contributed by atoms with Crippen molar-refractivity contribution in [3.05, 3.63) is 58.3 Å². The fourth-order valence-corrected chi connectivity index (χ4v) is 1.99. The van der Waals surface area contributed by atoms with Crippen LogP contribution in [0.4, 0.5) is 0 Å². The summed E-state index contributed by atoms with van der Waals surface area (Å²) in [5, 5.41) is 8.59. The lowest BCUT2D eigenvalue weighted by Gasteiger charge is -2.08. The smallest absolute Gasteiger partial charge is 0.328 e. The normalized spacial score (nSPS) is 10.7. The van der Waals surface area contributed by atoms with Crippen molar-refractivity contribution in [2.24, 2.45) is 0 Å². The number of benzene rings is 1. The number of halogens is 1. The van der Waals surface area contributed by atoms with Gasteiger partial charge in [-0.25, -0.2) is 4.79 Å². The molecule has 0 radical (unpaired) electrons. The number of carboxylic acid groups (broad SMARTS) is 1. The first-order chi connectivity index (χ1) is 9.54. The summed E-state index contributed by atoms with van der Waals surface area (Å²) in [6, 6.07) is 9.04. The molecular formula is C15H12BrNO3. The van der Waals surface area contributed by atoms with Gasteiger partial charge < -0.3 is 9.84 Å². The molecule has 1 aromatic carbocycles. The maximum atomic E-state index is 10.5. The maximum absolute atomic E-state index is 10.5. The van der Waals surface area contributed by atoms with Crippen LogP contribution in [0.15, 0.2) is 47.1 Å². The number of aromatic nitrogens is 1. The summed E-state index contributed by atoms with van der Waals surface area (Å²) < 4.78 is 6.44. The highest BCUT2D eigenvalue weighted by atomic mass is 79.9. The SMILES string of the molecule is Cc1ccc(Oc2ccc(/C=C/C(=O)O)cc2Br)cn1. The van der Waals surface area contributed by atoms with Crippen LogP contribution in [-0.4, -0.2) is 16.1 Å². The molecule has 0 bridgehead atoms. The second-order valence-electron chi connectivity index (χ2n) is 4.10. The molecule has 0 aliphatic carbocycles. The third kappa shape index (κ3) is 3.93. The predicted molar refractivity (Wildman–Crippen MR) is 79.9 cm³/mol. The number of hydrogen-bond donors (Lipinski definition) is 1. The van der Waals surface area contributed by atoms with Gasteiger partial charge in [0.05, 0.1) is 10.7 Å². The molecule has 0 spiro atoms. The van der Waals surface area contributed by atoms with E-state index in [-0.39, 0.29) is 0 Å². The van der Waals surface area contributed by atoms with Gasteiger partial charge in [-0.1, -0.05) is 6.07 Å². The zero-order valence-electron chi connectivity index (χ0n) is 10.7. The number of carboxylic acids is 1. The van der Waals surface area contributed by atoms with Gasteiger partial charge in [0.1, 0.15) is 11.5 Å². The van der Waals surface area contributed by atoms with Crippen LogP contribution in [0.1, 0.15) is 11.3 Å². The number of rotatable bonds is 4. The van der Waals surface area contributed by atoms with Crippen LogP contribution in [0.5, 0.6) is 11.5 Å². The molecule has 102 valence electrons. The molecule has 0 unspecified atom stereocenters. The van der Waals surface area contributed by atoms with Crippen LogP contribution < -0.4 is 4.74 Å². The van der Waals surface area contributed by atoms with Gasteiger partial charge >= 0.3 is 5.97 Å². The van der Waals surface area contributed by atoms with E-state index < -0.39 is 5.97 Å². The average molecular weight is 334 g/mol.